The topological polar surface area (TPSA) is 65.8 Å². The van der Waals surface area contributed by atoms with Crippen LogP contribution < -0.4 is 0 Å². The lowest BCUT2D eigenvalue weighted by Gasteiger charge is -2.50. The van der Waals surface area contributed by atoms with Crippen LogP contribution in [0.4, 0.5) is 13.2 Å². The zero-order valence-electron chi connectivity index (χ0n) is 19.8. The molecule has 2 aliphatic rings. The number of fused-ring (bicyclic) bond motifs is 2. The summed E-state index contributed by atoms with van der Waals surface area (Å²) >= 11 is 0. The number of amides is 1. The van der Waals surface area contributed by atoms with Gasteiger partial charge in [0.1, 0.15) is 5.75 Å². The summed E-state index contributed by atoms with van der Waals surface area (Å²) < 4.78 is 40.8. The van der Waals surface area contributed by atoms with Gasteiger partial charge in [-0.05, 0) is 55.8 Å². The molecule has 9 heteroatoms. The summed E-state index contributed by atoms with van der Waals surface area (Å²) in [6.45, 7) is 1.60. The predicted octanol–water partition coefficient (Wildman–Crippen LogP) is 4.68. The van der Waals surface area contributed by atoms with Crippen LogP contribution in [0, 0.1) is 0 Å². The van der Waals surface area contributed by atoms with Crippen molar-refractivity contribution >= 4 is 11.7 Å². The van der Waals surface area contributed by atoms with Gasteiger partial charge in [0, 0.05) is 43.0 Å². The number of phenolic OH excluding ortho intramolecular Hbond substituents is 1. The quantitative estimate of drug-likeness (QED) is 0.534. The smallest absolute Gasteiger partial charge is 0.456 e. The number of nitrogens with zero attached hydrogens (tertiary/aromatic N) is 3. The summed E-state index contributed by atoms with van der Waals surface area (Å²) in [5.41, 5.74) is 1.65. The molecule has 1 fully saturated rings. The third-order valence-corrected chi connectivity index (χ3v) is 7.54. The number of alkyl halides is 3. The fourth-order valence-corrected chi connectivity index (χ4v) is 5.54. The molecule has 1 spiro atoms. The van der Waals surface area contributed by atoms with Gasteiger partial charge >= 0.3 is 6.18 Å². The van der Waals surface area contributed by atoms with E-state index in [0.717, 1.165) is 5.56 Å². The van der Waals surface area contributed by atoms with Crippen LogP contribution in [0.3, 0.4) is 0 Å². The van der Waals surface area contributed by atoms with Crippen LogP contribution in [-0.4, -0.2) is 64.0 Å². The number of likely N-dealkylation sites (tertiary alicyclic amines) is 1. The van der Waals surface area contributed by atoms with Gasteiger partial charge in [-0.1, -0.05) is 30.3 Å². The minimum atomic E-state index is -4.93. The SMILES string of the molecule is CN1CCn2c(C(=O)C(F)(F)F)ccc2C12CCN(C(=O)c1ccc(-c3ccccc3)c(O)c1)CC2. The van der Waals surface area contributed by atoms with E-state index in [1.807, 2.05) is 37.4 Å². The highest BCUT2D eigenvalue weighted by Gasteiger charge is 2.47. The Hall–Kier alpha value is -3.59. The number of likely N-dealkylation sites (N-methyl/N-ethyl adjacent to an activating group) is 1. The number of benzene rings is 2. The van der Waals surface area contributed by atoms with Crippen molar-refractivity contribution in [2.75, 3.05) is 26.7 Å². The molecule has 0 bridgehead atoms. The average Bonchev–Trinajstić information content (AvgIpc) is 3.31. The predicted molar refractivity (Wildman–Crippen MR) is 128 cm³/mol. The van der Waals surface area contributed by atoms with Crippen molar-refractivity contribution in [3.8, 4) is 16.9 Å². The maximum absolute atomic E-state index is 13.2. The first-order chi connectivity index (χ1) is 17.1. The van der Waals surface area contributed by atoms with Gasteiger partial charge in [-0.15, -0.1) is 0 Å². The number of piperidine rings is 1. The van der Waals surface area contributed by atoms with Crippen LogP contribution in [-0.2, 0) is 12.1 Å². The number of rotatable bonds is 3. The Balaban J connectivity index is 1.35. The maximum atomic E-state index is 13.2. The number of hydrogen-bond acceptors (Lipinski definition) is 4. The molecule has 1 N–H and O–H groups in total. The molecule has 2 aromatic carbocycles. The largest absolute Gasteiger partial charge is 0.507 e. The van der Waals surface area contributed by atoms with Crippen molar-refractivity contribution in [1.29, 1.82) is 0 Å². The molecule has 3 heterocycles. The summed E-state index contributed by atoms with van der Waals surface area (Å²) in [5, 5.41) is 10.6. The van der Waals surface area contributed by atoms with E-state index < -0.39 is 17.5 Å². The Morgan fingerprint density at radius 3 is 2.25 bits per heavy atom. The Bertz CT molecular complexity index is 1310. The number of carbonyl (C=O) groups is 2. The molecular formula is C27H26F3N3O3. The zero-order valence-corrected chi connectivity index (χ0v) is 19.8. The number of ketones is 1. The minimum Gasteiger partial charge on any atom is -0.507 e. The van der Waals surface area contributed by atoms with Crippen molar-refractivity contribution < 1.29 is 27.9 Å². The summed E-state index contributed by atoms with van der Waals surface area (Å²) in [4.78, 5) is 29.0. The highest BCUT2D eigenvalue weighted by atomic mass is 19.4. The van der Waals surface area contributed by atoms with Crippen LogP contribution in [0.5, 0.6) is 5.75 Å². The second-order valence-electron chi connectivity index (χ2n) is 9.43. The van der Waals surface area contributed by atoms with E-state index in [1.165, 1.54) is 16.7 Å². The number of aromatic nitrogens is 1. The molecular weight excluding hydrogens is 471 g/mol. The van der Waals surface area contributed by atoms with Crippen molar-refractivity contribution in [2.45, 2.75) is 31.1 Å². The molecule has 36 heavy (non-hydrogen) atoms. The molecule has 188 valence electrons. The van der Waals surface area contributed by atoms with Crippen molar-refractivity contribution in [3.63, 3.8) is 0 Å². The first-order valence-electron chi connectivity index (χ1n) is 11.8. The van der Waals surface area contributed by atoms with Crippen LogP contribution in [0.15, 0.2) is 60.7 Å². The van der Waals surface area contributed by atoms with Crippen molar-refractivity contribution in [1.82, 2.24) is 14.4 Å². The summed E-state index contributed by atoms with van der Waals surface area (Å²) in [7, 11) is 1.93. The summed E-state index contributed by atoms with van der Waals surface area (Å²) in [6.07, 6.45) is -3.89. The fraction of sp³-hybridized carbons (Fsp3) is 0.333. The highest BCUT2D eigenvalue weighted by Crippen LogP contribution is 2.42. The molecule has 5 rings (SSSR count). The first-order valence-corrected chi connectivity index (χ1v) is 11.8. The van der Waals surface area contributed by atoms with E-state index in [-0.39, 0.29) is 17.4 Å². The Morgan fingerprint density at radius 1 is 0.917 bits per heavy atom. The molecule has 1 saturated heterocycles. The molecule has 0 radical (unpaired) electrons. The molecule has 0 atom stereocenters. The maximum Gasteiger partial charge on any atom is 0.456 e. The van der Waals surface area contributed by atoms with E-state index in [4.69, 9.17) is 0 Å². The van der Waals surface area contributed by atoms with Crippen LogP contribution in [0.2, 0.25) is 0 Å². The Labute approximate surface area is 206 Å². The van der Waals surface area contributed by atoms with Gasteiger partial charge in [-0.2, -0.15) is 13.2 Å². The number of Topliss-reactive ketones (excluding diaryl/α,β-unsaturated/α-hetero) is 1. The third kappa shape index (κ3) is 3.97. The second kappa shape index (κ2) is 8.81. The monoisotopic (exact) mass is 497 g/mol. The number of aromatic hydroxyl groups is 1. The molecule has 0 aliphatic carbocycles. The minimum absolute atomic E-state index is 0.0206. The van der Waals surface area contributed by atoms with E-state index in [1.54, 1.807) is 23.1 Å². The van der Waals surface area contributed by atoms with Gasteiger partial charge in [0.2, 0.25) is 0 Å². The number of halogens is 3. The van der Waals surface area contributed by atoms with Gasteiger partial charge < -0.3 is 14.6 Å². The fourth-order valence-electron chi connectivity index (χ4n) is 5.54. The number of carbonyl (C=O) groups excluding carboxylic acids is 2. The van der Waals surface area contributed by atoms with Gasteiger partial charge in [0.15, 0.2) is 0 Å². The van der Waals surface area contributed by atoms with E-state index in [0.29, 0.717) is 55.8 Å². The molecule has 0 saturated carbocycles. The molecule has 3 aromatic rings. The lowest BCUT2D eigenvalue weighted by Crippen LogP contribution is -2.56. The van der Waals surface area contributed by atoms with Gasteiger partial charge in [0.05, 0.1) is 11.2 Å². The molecule has 0 unspecified atom stereocenters. The lowest BCUT2D eigenvalue weighted by atomic mass is 9.81. The molecule has 6 nitrogen and oxygen atoms in total. The number of phenols is 1. The molecule has 1 aromatic heterocycles. The first kappa shape index (κ1) is 24.1. The van der Waals surface area contributed by atoms with Crippen molar-refractivity contribution in [2.24, 2.45) is 0 Å². The summed E-state index contributed by atoms with van der Waals surface area (Å²) in [6, 6.07) is 17.2. The second-order valence-corrected chi connectivity index (χ2v) is 9.43. The standard InChI is InChI=1S/C27H26F3N3O3/c1-31-15-16-33-21(24(35)27(28,29)30)9-10-23(33)26(31)11-13-32(14-12-26)25(36)19-7-8-20(22(34)17-19)18-5-3-2-4-6-18/h2-10,17,34H,11-16H2,1H3. The van der Waals surface area contributed by atoms with Crippen molar-refractivity contribution in [3.05, 3.63) is 77.6 Å². The van der Waals surface area contributed by atoms with Crippen LogP contribution in [0.1, 0.15) is 39.4 Å². The Morgan fingerprint density at radius 2 is 1.61 bits per heavy atom. The highest BCUT2D eigenvalue weighted by molar-refractivity contribution is 5.99. The lowest BCUT2D eigenvalue weighted by molar-refractivity contribution is -0.0892. The van der Waals surface area contributed by atoms with Gasteiger partial charge in [-0.25, -0.2) is 0 Å². The van der Waals surface area contributed by atoms with E-state index in [2.05, 4.69) is 4.90 Å². The average molecular weight is 498 g/mol. The van der Waals surface area contributed by atoms with Gasteiger partial charge in [0.25, 0.3) is 11.7 Å². The van der Waals surface area contributed by atoms with Crippen LogP contribution in [0.25, 0.3) is 11.1 Å². The Kier molecular flexibility index (Phi) is 5.90. The third-order valence-electron chi connectivity index (χ3n) is 7.54. The van der Waals surface area contributed by atoms with Gasteiger partial charge in [-0.3, -0.25) is 14.5 Å². The normalized spacial score (nSPS) is 17.7. The van der Waals surface area contributed by atoms with Crippen LogP contribution >= 0.6 is 0 Å². The van der Waals surface area contributed by atoms with E-state index in [9.17, 15) is 27.9 Å². The van der Waals surface area contributed by atoms with E-state index >= 15 is 0 Å². The summed E-state index contributed by atoms with van der Waals surface area (Å²) in [5.74, 6) is -2.02. The molecule has 2 aliphatic heterocycles. The molecule has 1 amide bonds. The number of hydrogen-bond donors (Lipinski definition) is 1. The zero-order chi connectivity index (χ0) is 25.7.